The smallest absolute Gasteiger partial charge is 0.291 e. The molecule has 1 aromatic rings. The van der Waals surface area contributed by atoms with Crippen LogP contribution in [0.25, 0.3) is 0 Å². The Labute approximate surface area is 85.5 Å². The molecule has 0 saturated carbocycles. The van der Waals surface area contributed by atoms with E-state index in [2.05, 4.69) is 10.3 Å². The van der Waals surface area contributed by atoms with Crippen LogP contribution in [0.2, 0.25) is 0 Å². The number of carbonyl (C=O) groups is 1. The molecule has 0 aromatic carbocycles. The van der Waals surface area contributed by atoms with Crippen molar-refractivity contribution in [3.63, 3.8) is 0 Å². The number of hydrogen-bond acceptors (Lipinski definition) is 5. The van der Waals surface area contributed by atoms with Gasteiger partial charge in [0.2, 0.25) is 0 Å². The number of aryl methyl sites for hydroxylation is 1. The molecular formula is C8H10N4O3. The van der Waals surface area contributed by atoms with Crippen molar-refractivity contribution in [2.24, 2.45) is 5.73 Å². The summed E-state index contributed by atoms with van der Waals surface area (Å²) >= 11 is 0. The highest BCUT2D eigenvalue weighted by atomic mass is 16.6. The monoisotopic (exact) mass is 210 g/mol. The van der Waals surface area contributed by atoms with Crippen molar-refractivity contribution < 1.29 is 9.72 Å². The van der Waals surface area contributed by atoms with E-state index in [0.29, 0.717) is 0 Å². The Morgan fingerprint density at radius 3 is 2.67 bits per heavy atom. The zero-order valence-electron chi connectivity index (χ0n) is 8.27. The number of primary amides is 1. The van der Waals surface area contributed by atoms with E-state index in [4.69, 9.17) is 5.73 Å². The van der Waals surface area contributed by atoms with E-state index < -0.39 is 10.8 Å². The molecule has 0 bridgehead atoms. The highest BCUT2D eigenvalue weighted by molar-refractivity contribution is 5.98. The average Bonchev–Trinajstić information content (AvgIpc) is 2.16. The van der Waals surface area contributed by atoms with Crippen LogP contribution < -0.4 is 11.1 Å². The number of nitro groups is 1. The molecular weight excluding hydrogens is 200 g/mol. The molecule has 1 rings (SSSR count). The molecule has 0 unspecified atom stereocenters. The Morgan fingerprint density at radius 2 is 2.27 bits per heavy atom. The van der Waals surface area contributed by atoms with Gasteiger partial charge in [-0.3, -0.25) is 14.9 Å². The summed E-state index contributed by atoms with van der Waals surface area (Å²) < 4.78 is 0. The Hall–Kier alpha value is -2.18. The van der Waals surface area contributed by atoms with E-state index in [1.54, 1.807) is 7.05 Å². The first kappa shape index (κ1) is 10.9. The molecule has 0 radical (unpaired) electrons. The van der Waals surface area contributed by atoms with Crippen molar-refractivity contribution in [2.45, 2.75) is 6.92 Å². The van der Waals surface area contributed by atoms with Gasteiger partial charge in [0.15, 0.2) is 0 Å². The van der Waals surface area contributed by atoms with Crippen LogP contribution in [0, 0.1) is 17.0 Å². The Morgan fingerprint density at radius 1 is 1.67 bits per heavy atom. The summed E-state index contributed by atoms with van der Waals surface area (Å²) in [6, 6.07) is 1.12. The fraction of sp³-hybridized carbons (Fsp3) is 0.250. The maximum Gasteiger partial charge on any atom is 0.291 e. The van der Waals surface area contributed by atoms with E-state index in [1.165, 1.54) is 6.92 Å². The van der Waals surface area contributed by atoms with E-state index in [-0.39, 0.29) is 22.8 Å². The predicted octanol–water partition coefficient (Wildman–Crippen LogP) is 0.439. The minimum Gasteiger partial charge on any atom is -0.372 e. The molecule has 0 spiro atoms. The van der Waals surface area contributed by atoms with Crippen LogP contribution in [-0.4, -0.2) is 22.9 Å². The van der Waals surface area contributed by atoms with Gasteiger partial charge in [-0.1, -0.05) is 0 Å². The Bertz CT molecular complexity index is 430. The first-order chi connectivity index (χ1) is 6.97. The molecule has 0 aliphatic heterocycles. The van der Waals surface area contributed by atoms with Crippen LogP contribution in [-0.2, 0) is 0 Å². The maximum absolute atomic E-state index is 11.0. The second kappa shape index (κ2) is 3.91. The molecule has 80 valence electrons. The van der Waals surface area contributed by atoms with E-state index >= 15 is 0 Å². The summed E-state index contributed by atoms with van der Waals surface area (Å²) in [5.74, 6) is -0.513. The van der Waals surface area contributed by atoms with Gasteiger partial charge >= 0.3 is 0 Å². The molecule has 15 heavy (non-hydrogen) atoms. The largest absolute Gasteiger partial charge is 0.372 e. The first-order valence-corrected chi connectivity index (χ1v) is 4.11. The third-order valence-electron chi connectivity index (χ3n) is 1.89. The lowest BCUT2D eigenvalue weighted by Crippen LogP contribution is -2.15. The molecule has 7 nitrogen and oxygen atoms in total. The molecule has 0 aliphatic carbocycles. The molecule has 7 heteroatoms. The number of nitrogens with one attached hydrogen (secondary N) is 1. The van der Waals surface area contributed by atoms with Crippen LogP contribution in [0.5, 0.6) is 0 Å². The van der Waals surface area contributed by atoms with Gasteiger partial charge in [0.25, 0.3) is 11.6 Å². The van der Waals surface area contributed by atoms with Gasteiger partial charge in [-0.05, 0) is 6.92 Å². The van der Waals surface area contributed by atoms with Crippen molar-refractivity contribution in [3.8, 4) is 0 Å². The normalized spacial score (nSPS) is 9.73. The van der Waals surface area contributed by atoms with Crippen molar-refractivity contribution in [1.82, 2.24) is 4.98 Å². The lowest BCUT2D eigenvalue weighted by Gasteiger charge is -2.06. The molecule has 0 aliphatic rings. The summed E-state index contributed by atoms with van der Waals surface area (Å²) in [6.07, 6.45) is 0. The number of carbonyl (C=O) groups excluding carboxylic acids is 1. The summed E-state index contributed by atoms with van der Waals surface area (Å²) in [4.78, 5) is 24.9. The molecule has 0 saturated heterocycles. The van der Waals surface area contributed by atoms with Gasteiger partial charge in [0, 0.05) is 13.1 Å². The Kier molecular flexibility index (Phi) is 2.84. The second-order valence-electron chi connectivity index (χ2n) is 2.86. The topological polar surface area (TPSA) is 111 Å². The summed E-state index contributed by atoms with van der Waals surface area (Å²) in [7, 11) is 1.56. The summed E-state index contributed by atoms with van der Waals surface area (Å²) in [6.45, 7) is 1.49. The number of nitrogens with zero attached hydrogens (tertiary/aromatic N) is 2. The van der Waals surface area contributed by atoms with Crippen LogP contribution in [0.1, 0.15) is 16.1 Å². The molecule has 3 N–H and O–H groups in total. The number of hydrogen-bond donors (Lipinski definition) is 2. The van der Waals surface area contributed by atoms with E-state index in [1.807, 2.05) is 0 Å². The standard InChI is InChI=1S/C8H10N4O3/c1-4-6(12(14)15)3-5(7(9)13)8(10-2)11-4/h3H,1-2H3,(H2,9,13)(H,10,11). The quantitative estimate of drug-likeness (QED) is 0.555. The molecule has 0 fully saturated rings. The molecule has 0 atom stereocenters. The van der Waals surface area contributed by atoms with Gasteiger partial charge < -0.3 is 11.1 Å². The number of nitrogens with two attached hydrogens (primary N) is 1. The molecule has 1 amide bonds. The molecule has 1 aromatic heterocycles. The third kappa shape index (κ3) is 2.01. The lowest BCUT2D eigenvalue weighted by molar-refractivity contribution is -0.385. The minimum absolute atomic E-state index is 0.00907. The van der Waals surface area contributed by atoms with Crippen molar-refractivity contribution in [3.05, 3.63) is 27.4 Å². The number of anilines is 1. The van der Waals surface area contributed by atoms with Crippen molar-refractivity contribution in [1.29, 1.82) is 0 Å². The number of rotatable bonds is 3. The number of pyridine rings is 1. The predicted molar refractivity (Wildman–Crippen MR) is 53.7 cm³/mol. The highest BCUT2D eigenvalue weighted by Crippen LogP contribution is 2.22. The lowest BCUT2D eigenvalue weighted by atomic mass is 10.2. The minimum atomic E-state index is -0.755. The van der Waals surface area contributed by atoms with E-state index in [0.717, 1.165) is 6.07 Å². The second-order valence-corrected chi connectivity index (χ2v) is 2.86. The van der Waals surface area contributed by atoms with Gasteiger partial charge in [0.1, 0.15) is 11.5 Å². The first-order valence-electron chi connectivity index (χ1n) is 4.11. The fourth-order valence-corrected chi connectivity index (χ4v) is 1.16. The van der Waals surface area contributed by atoms with Crippen LogP contribution in [0.15, 0.2) is 6.07 Å². The highest BCUT2D eigenvalue weighted by Gasteiger charge is 2.18. The fourth-order valence-electron chi connectivity index (χ4n) is 1.16. The average molecular weight is 210 g/mol. The summed E-state index contributed by atoms with van der Waals surface area (Å²) in [5.41, 5.74) is 5.09. The van der Waals surface area contributed by atoms with E-state index in [9.17, 15) is 14.9 Å². The van der Waals surface area contributed by atoms with Crippen LogP contribution in [0.3, 0.4) is 0 Å². The van der Waals surface area contributed by atoms with Crippen LogP contribution in [0.4, 0.5) is 11.5 Å². The summed E-state index contributed by atoms with van der Waals surface area (Å²) in [5, 5.41) is 13.2. The van der Waals surface area contributed by atoms with Crippen molar-refractivity contribution in [2.75, 3.05) is 12.4 Å². The molecule has 1 heterocycles. The van der Waals surface area contributed by atoms with Gasteiger partial charge in [0.05, 0.1) is 10.5 Å². The SMILES string of the molecule is CNc1nc(C)c([N+](=O)[O-])cc1C(N)=O. The van der Waals surface area contributed by atoms with Crippen LogP contribution >= 0.6 is 0 Å². The maximum atomic E-state index is 11.0. The van der Waals surface area contributed by atoms with Crippen molar-refractivity contribution >= 4 is 17.4 Å². The zero-order valence-corrected chi connectivity index (χ0v) is 8.27. The van der Waals surface area contributed by atoms with Gasteiger partial charge in [-0.15, -0.1) is 0 Å². The zero-order chi connectivity index (χ0) is 11.6. The van der Waals surface area contributed by atoms with Gasteiger partial charge in [-0.2, -0.15) is 0 Å². The Balaban J connectivity index is 3.43. The number of amides is 1. The third-order valence-corrected chi connectivity index (χ3v) is 1.89. The number of aromatic nitrogens is 1. The van der Waals surface area contributed by atoms with Gasteiger partial charge in [-0.25, -0.2) is 4.98 Å².